The van der Waals surface area contributed by atoms with Crippen molar-refractivity contribution >= 4 is 0 Å². The molecule has 0 unspecified atom stereocenters. The van der Waals surface area contributed by atoms with E-state index in [4.69, 9.17) is 30.5 Å². The minimum atomic E-state index is -2.04. The van der Waals surface area contributed by atoms with Gasteiger partial charge in [0, 0.05) is 20.6 Å². The summed E-state index contributed by atoms with van der Waals surface area (Å²) in [6.07, 6.45) is -0.395. The summed E-state index contributed by atoms with van der Waals surface area (Å²) in [6, 6.07) is 6.67. The molecule has 0 aromatic carbocycles. The Morgan fingerprint density at radius 1 is 0.905 bits per heavy atom. The monoisotopic (exact) mass is 290 g/mol. The highest BCUT2D eigenvalue weighted by molar-refractivity contribution is 5.38. The Morgan fingerprint density at radius 2 is 1.38 bits per heavy atom. The van der Waals surface area contributed by atoms with Crippen molar-refractivity contribution in [3.8, 4) is 24.3 Å². The van der Waals surface area contributed by atoms with Gasteiger partial charge in [0.25, 0.3) is 5.60 Å². The summed E-state index contributed by atoms with van der Waals surface area (Å²) in [5.74, 6) is 0. The Morgan fingerprint density at radius 3 is 1.76 bits per heavy atom. The fourth-order valence-corrected chi connectivity index (χ4v) is 1.30. The highest BCUT2D eigenvalue weighted by Gasteiger charge is 2.42. The second kappa shape index (κ2) is 8.66. The van der Waals surface area contributed by atoms with Crippen molar-refractivity contribution in [1.29, 1.82) is 21.0 Å². The van der Waals surface area contributed by atoms with Gasteiger partial charge < -0.3 is 18.9 Å². The zero-order chi connectivity index (χ0) is 16.4. The van der Waals surface area contributed by atoms with E-state index in [1.54, 1.807) is 24.3 Å². The highest BCUT2D eigenvalue weighted by Crippen LogP contribution is 2.29. The zero-order valence-corrected chi connectivity index (χ0v) is 11.8. The highest BCUT2D eigenvalue weighted by atomic mass is 16.7. The van der Waals surface area contributed by atoms with Crippen LogP contribution in [-0.4, -0.2) is 39.0 Å². The number of methoxy groups -OCH3 is 2. The van der Waals surface area contributed by atoms with Gasteiger partial charge in [-0.2, -0.15) is 21.0 Å². The Hall–Kier alpha value is -2.46. The average molecular weight is 290 g/mol. The third kappa shape index (κ3) is 4.54. The Bertz CT molecular complexity index is 504. The maximum absolute atomic E-state index is 9.15. The lowest BCUT2D eigenvalue weighted by Gasteiger charge is -2.26. The molecule has 0 aliphatic carbocycles. The summed E-state index contributed by atoms with van der Waals surface area (Å²) < 4.78 is 19.4. The summed E-state index contributed by atoms with van der Waals surface area (Å²) in [5, 5.41) is 36.5. The van der Waals surface area contributed by atoms with E-state index in [0.29, 0.717) is 0 Å². The summed E-state index contributed by atoms with van der Waals surface area (Å²) >= 11 is 0. The van der Waals surface area contributed by atoms with Gasteiger partial charge in [-0.1, -0.05) is 6.58 Å². The molecule has 8 heteroatoms. The van der Waals surface area contributed by atoms with E-state index in [9.17, 15) is 0 Å². The lowest BCUT2D eigenvalue weighted by molar-refractivity contribution is -0.0898. The average Bonchev–Trinajstić information content (AvgIpc) is 2.53. The molecule has 0 amide bonds. The van der Waals surface area contributed by atoms with Crippen LogP contribution in [0.3, 0.4) is 0 Å². The SMILES string of the molecule is C=C(CC(C#N)(C#N)OCOC)C(C#N)(C#N)OCOC. The van der Waals surface area contributed by atoms with Crippen LogP contribution >= 0.6 is 0 Å². The van der Waals surface area contributed by atoms with Crippen molar-refractivity contribution in [3.05, 3.63) is 12.2 Å². The van der Waals surface area contributed by atoms with Gasteiger partial charge in [0.05, 0.1) is 0 Å². The second-order valence-electron chi connectivity index (χ2n) is 3.84. The second-order valence-corrected chi connectivity index (χ2v) is 3.84. The van der Waals surface area contributed by atoms with Gasteiger partial charge in [-0.15, -0.1) is 0 Å². The molecular weight excluding hydrogens is 276 g/mol. The lowest BCUT2D eigenvalue weighted by atomic mass is 9.88. The van der Waals surface area contributed by atoms with E-state index >= 15 is 0 Å². The molecule has 0 radical (unpaired) electrons. The van der Waals surface area contributed by atoms with Gasteiger partial charge in [-0.3, -0.25) is 0 Å². The van der Waals surface area contributed by atoms with E-state index in [1.807, 2.05) is 0 Å². The zero-order valence-electron chi connectivity index (χ0n) is 11.8. The Kier molecular flexibility index (Phi) is 7.65. The Balaban J connectivity index is 5.31. The number of ether oxygens (including phenoxy) is 4. The van der Waals surface area contributed by atoms with Gasteiger partial charge in [-0.25, -0.2) is 0 Å². The molecule has 8 nitrogen and oxygen atoms in total. The predicted octanol–water partition coefficient (Wildman–Crippen LogP) is 0.746. The van der Waals surface area contributed by atoms with Gasteiger partial charge in [0.15, 0.2) is 0 Å². The number of rotatable bonds is 9. The molecule has 0 aromatic rings. The van der Waals surface area contributed by atoms with E-state index in [2.05, 4.69) is 16.1 Å². The van der Waals surface area contributed by atoms with Gasteiger partial charge in [0.1, 0.15) is 37.9 Å². The first kappa shape index (κ1) is 18.5. The lowest BCUT2D eigenvalue weighted by Crippen LogP contribution is -2.38. The molecule has 0 heterocycles. The predicted molar refractivity (Wildman–Crippen MR) is 67.6 cm³/mol. The van der Waals surface area contributed by atoms with Crippen LogP contribution in [0.2, 0.25) is 0 Å². The quantitative estimate of drug-likeness (QED) is 0.448. The van der Waals surface area contributed by atoms with Crippen molar-refractivity contribution in [3.63, 3.8) is 0 Å². The molecule has 21 heavy (non-hydrogen) atoms. The fourth-order valence-electron chi connectivity index (χ4n) is 1.30. The van der Waals surface area contributed by atoms with Crippen LogP contribution in [0.5, 0.6) is 0 Å². The molecule has 0 atom stereocenters. The standard InChI is InChI=1S/C13H14N4O4/c1-11(13(7-16,8-17)21-10-19-3)4-12(5-14,6-15)20-9-18-2/h1,4,9-10H2,2-3H3. The molecule has 0 fully saturated rings. The van der Waals surface area contributed by atoms with Crippen LogP contribution in [0.15, 0.2) is 12.2 Å². The van der Waals surface area contributed by atoms with Crippen LogP contribution in [-0.2, 0) is 18.9 Å². The minimum Gasteiger partial charge on any atom is -0.359 e. The molecule has 0 N–H and O–H groups in total. The van der Waals surface area contributed by atoms with E-state index in [0.717, 1.165) is 0 Å². The largest absolute Gasteiger partial charge is 0.359 e. The minimum absolute atomic E-state index is 0.0937. The van der Waals surface area contributed by atoms with E-state index in [-0.39, 0.29) is 19.2 Å². The van der Waals surface area contributed by atoms with E-state index in [1.165, 1.54) is 14.2 Å². The normalized spacial score (nSPS) is 10.8. The van der Waals surface area contributed by atoms with Crippen LogP contribution < -0.4 is 0 Å². The van der Waals surface area contributed by atoms with Crippen molar-refractivity contribution < 1.29 is 18.9 Å². The van der Waals surface area contributed by atoms with Gasteiger partial charge >= 0.3 is 0 Å². The van der Waals surface area contributed by atoms with E-state index < -0.39 is 17.6 Å². The summed E-state index contributed by atoms with van der Waals surface area (Å²) in [7, 11) is 2.64. The molecule has 0 spiro atoms. The molecule has 0 aliphatic rings. The number of hydrogen-bond donors (Lipinski definition) is 0. The molecule has 0 aliphatic heterocycles. The molecular formula is C13H14N4O4. The topological polar surface area (TPSA) is 132 Å². The van der Waals surface area contributed by atoms with Crippen LogP contribution in [0.25, 0.3) is 0 Å². The molecule has 110 valence electrons. The first-order valence-corrected chi connectivity index (χ1v) is 5.58. The number of nitriles is 4. The summed E-state index contributed by atoms with van der Waals surface area (Å²) in [4.78, 5) is 0. The van der Waals surface area contributed by atoms with Crippen molar-refractivity contribution in [2.75, 3.05) is 27.8 Å². The number of nitrogens with zero attached hydrogens (tertiary/aromatic N) is 4. The van der Waals surface area contributed by atoms with Crippen molar-refractivity contribution in [2.45, 2.75) is 17.6 Å². The smallest absolute Gasteiger partial charge is 0.265 e. The maximum Gasteiger partial charge on any atom is 0.265 e. The summed E-state index contributed by atoms with van der Waals surface area (Å²) in [6.45, 7) is 2.93. The maximum atomic E-state index is 9.15. The third-order valence-electron chi connectivity index (χ3n) is 2.45. The third-order valence-corrected chi connectivity index (χ3v) is 2.45. The molecule has 0 bridgehead atoms. The first-order chi connectivity index (χ1) is 9.99. The summed E-state index contributed by atoms with van der Waals surface area (Å²) in [5.41, 5.74) is -4.06. The molecule has 0 aromatic heterocycles. The molecule has 0 rings (SSSR count). The van der Waals surface area contributed by atoms with Crippen LogP contribution in [0, 0.1) is 45.3 Å². The first-order valence-electron chi connectivity index (χ1n) is 5.58. The van der Waals surface area contributed by atoms with Crippen molar-refractivity contribution in [2.24, 2.45) is 0 Å². The van der Waals surface area contributed by atoms with Crippen LogP contribution in [0.1, 0.15) is 6.42 Å². The Labute approximate surface area is 122 Å². The molecule has 0 saturated heterocycles. The molecule has 0 saturated carbocycles. The fraction of sp³-hybridized carbons (Fsp3) is 0.538. The van der Waals surface area contributed by atoms with Crippen molar-refractivity contribution in [1.82, 2.24) is 0 Å². The number of hydrogen-bond acceptors (Lipinski definition) is 8. The van der Waals surface area contributed by atoms with Crippen LogP contribution in [0.4, 0.5) is 0 Å². The van der Waals surface area contributed by atoms with Gasteiger partial charge in [0.2, 0.25) is 5.60 Å². The van der Waals surface area contributed by atoms with Gasteiger partial charge in [-0.05, 0) is 5.57 Å².